The second-order valence-electron chi connectivity index (χ2n) is 7.64. The summed E-state index contributed by atoms with van der Waals surface area (Å²) < 4.78 is 32.5. The van der Waals surface area contributed by atoms with E-state index in [1.807, 2.05) is 20.8 Å². The predicted molar refractivity (Wildman–Crippen MR) is 101 cm³/mol. The third-order valence-corrected chi connectivity index (χ3v) is 5.75. The fraction of sp³-hybridized carbons (Fsp3) is 0.611. The molecule has 146 valence electrons. The molecule has 2 N–H and O–H groups in total. The minimum Gasteiger partial charge on any atom is -0.497 e. The van der Waals surface area contributed by atoms with E-state index in [1.54, 1.807) is 17.0 Å². The van der Waals surface area contributed by atoms with Gasteiger partial charge in [0.25, 0.3) is 0 Å². The third-order valence-electron chi connectivity index (χ3n) is 4.32. The molecule has 1 aliphatic rings. The molecule has 26 heavy (non-hydrogen) atoms. The van der Waals surface area contributed by atoms with E-state index >= 15 is 0 Å². The van der Waals surface area contributed by atoms with Gasteiger partial charge in [-0.3, -0.25) is 0 Å². The van der Waals surface area contributed by atoms with Crippen LogP contribution in [0.2, 0.25) is 0 Å². The number of hydrogen-bond donors (Lipinski definition) is 2. The zero-order chi connectivity index (χ0) is 19.4. The molecule has 0 aliphatic carbocycles. The van der Waals surface area contributed by atoms with E-state index in [0.29, 0.717) is 25.4 Å². The van der Waals surface area contributed by atoms with Crippen LogP contribution in [-0.2, 0) is 10.0 Å². The second-order valence-corrected chi connectivity index (χ2v) is 9.40. The number of methoxy groups -OCH3 is 1. The highest BCUT2D eigenvalue weighted by Gasteiger charge is 2.26. The molecule has 1 aliphatic heterocycles. The van der Waals surface area contributed by atoms with Gasteiger partial charge in [-0.2, -0.15) is 0 Å². The molecule has 0 spiro atoms. The summed E-state index contributed by atoms with van der Waals surface area (Å²) in [5, 5.41) is 2.96. The quantitative estimate of drug-likeness (QED) is 0.816. The highest BCUT2D eigenvalue weighted by molar-refractivity contribution is 7.89. The van der Waals surface area contributed by atoms with E-state index in [-0.39, 0.29) is 22.4 Å². The monoisotopic (exact) mass is 383 g/mol. The summed E-state index contributed by atoms with van der Waals surface area (Å²) in [7, 11) is -2.00. The smallest absolute Gasteiger partial charge is 0.317 e. The average molecular weight is 384 g/mol. The number of benzene rings is 1. The molecule has 8 heteroatoms. The SMILES string of the molecule is COc1ccc(S(=O)(=O)NCC2CCN(C(=O)NC(C)(C)C)CC2)cc1. The van der Waals surface area contributed by atoms with Crippen LogP contribution in [0.15, 0.2) is 29.2 Å². The van der Waals surface area contributed by atoms with Gasteiger partial charge >= 0.3 is 6.03 Å². The fourth-order valence-electron chi connectivity index (χ4n) is 2.81. The number of rotatable bonds is 5. The minimum atomic E-state index is -3.54. The summed E-state index contributed by atoms with van der Waals surface area (Å²) in [6.45, 7) is 7.50. The van der Waals surface area contributed by atoms with E-state index < -0.39 is 10.0 Å². The van der Waals surface area contributed by atoms with Crippen LogP contribution in [0.4, 0.5) is 4.79 Å². The highest BCUT2D eigenvalue weighted by Crippen LogP contribution is 2.19. The summed E-state index contributed by atoms with van der Waals surface area (Å²) >= 11 is 0. The molecule has 0 bridgehead atoms. The first kappa shape index (κ1) is 20.5. The average Bonchev–Trinajstić information content (AvgIpc) is 2.59. The van der Waals surface area contributed by atoms with Crippen molar-refractivity contribution in [2.24, 2.45) is 5.92 Å². The van der Waals surface area contributed by atoms with E-state index in [2.05, 4.69) is 10.0 Å². The Bertz CT molecular complexity index is 703. The van der Waals surface area contributed by atoms with Gasteiger partial charge in [-0.15, -0.1) is 0 Å². The molecule has 2 amide bonds. The van der Waals surface area contributed by atoms with E-state index in [9.17, 15) is 13.2 Å². The molecule has 0 saturated carbocycles. The van der Waals surface area contributed by atoms with Crippen molar-refractivity contribution in [3.8, 4) is 5.75 Å². The predicted octanol–water partition coefficient (Wildman–Crippen LogP) is 2.19. The zero-order valence-corrected chi connectivity index (χ0v) is 16.7. The molecule has 1 saturated heterocycles. The van der Waals surface area contributed by atoms with Crippen LogP contribution in [0.1, 0.15) is 33.6 Å². The minimum absolute atomic E-state index is 0.0604. The number of sulfonamides is 1. The zero-order valence-electron chi connectivity index (χ0n) is 15.9. The number of urea groups is 1. The van der Waals surface area contributed by atoms with Gasteiger partial charge in [0.2, 0.25) is 10.0 Å². The Kier molecular flexibility index (Phi) is 6.52. The number of carbonyl (C=O) groups excluding carboxylic acids is 1. The molecular weight excluding hydrogens is 354 g/mol. The molecular formula is C18H29N3O4S. The van der Waals surface area contributed by atoms with Crippen molar-refractivity contribution in [2.75, 3.05) is 26.7 Å². The normalized spacial score (nSPS) is 16.4. The van der Waals surface area contributed by atoms with Crippen LogP contribution in [-0.4, -0.2) is 51.6 Å². The molecule has 0 radical (unpaired) electrons. The Labute approximate surface area is 156 Å². The second kappa shape index (κ2) is 8.26. The number of nitrogens with zero attached hydrogens (tertiary/aromatic N) is 1. The van der Waals surface area contributed by atoms with Gasteiger partial charge in [0.05, 0.1) is 12.0 Å². The van der Waals surface area contributed by atoms with Crippen LogP contribution in [0, 0.1) is 5.92 Å². The lowest BCUT2D eigenvalue weighted by atomic mass is 9.97. The highest BCUT2D eigenvalue weighted by atomic mass is 32.2. The van der Waals surface area contributed by atoms with Crippen LogP contribution < -0.4 is 14.8 Å². The number of likely N-dealkylation sites (tertiary alicyclic amines) is 1. The van der Waals surface area contributed by atoms with Crippen LogP contribution in [0.25, 0.3) is 0 Å². The molecule has 1 aromatic rings. The summed E-state index contributed by atoms with van der Waals surface area (Å²) in [4.78, 5) is 14.2. The van der Waals surface area contributed by atoms with Crippen molar-refractivity contribution in [1.82, 2.24) is 14.9 Å². The van der Waals surface area contributed by atoms with E-state index in [0.717, 1.165) is 12.8 Å². The summed E-state index contributed by atoms with van der Waals surface area (Å²) in [5.74, 6) is 0.839. The van der Waals surface area contributed by atoms with Crippen molar-refractivity contribution in [3.63, 3.8) is 0 Å². The van der Waals surface area contributed by atoms with Gasteiger partial charge in [-0.05, 0) is 63.8 Å². The number of carbonyl (C=O) groups is 1. The first-order valence-corrected chi connectivity index (χ1v) is 10.3. The summed E-state index contributed by atoms with van der Waals surface area (Å²) in [5.41, 5.74) is -0.262. The molecule has 0 atom stereocenters. The van der Waals surface area contributed by atoms with Crippen molar-refractivity contribution >= 4 is 16.1 Å². The van der Waals surface area contributed by atoms with Crippen LogP contribution >= 0.6 is 0 Å². The fourth-order valence-corrected chi connectivity index (χ4v) is 3.92. The van der Waals surface area contributed by atoms with Crippen molar-refractivity contribution < 1.29 is 17.9 Å². The maximum Gasteiger partial charge on any atom is 0.317 e. The Morgan fingerprint density at radius 3 is 2.27 bits per heavy atom. The Hall–Kier alpha value is -1.80. The van der Waals surface area contributed by atoms with Gasteiger partial charge in [0, 0.05) is 25.2 Å². The lowest BCUT2D eigenvalue weighted by molar-refractivity contribution is 0.163. The molecule has 0 aromatic heterocycles. The molecule has 0 unspecified atom stereocenters. The number of amides is 2. The van der Waals surface area contributed by atoms with Gasteiger partial charge < -0.3 is 15.0 Å². The lowest BCUT2D eigenvalue weighted by Gasteiger charge is -2.34. The Morgan fingerprint density at radius 2 is 1.77 bits per heavy atom. The van der Waals surface area contributed by atoms with Crippen LogP contribution in [0.3, 0.4) is 0 Å². The van der Waals surface area contributed by atoms with Gasteiger partial charge in [-0.1, -0.05) is 0 Å². The van der Waals surface area contributed by atoms with Crippen molar-refractivity contribution in [3.05, 3.63) is 24.3 Å². The maximum atomic E-state index is 12.4. The standard InChI is InChI=1S/C18H29N3O4S/c1-18(2,3)20-17(22)21-11-9-14(10-12-21)13-19-26(23,24)16-7-5-15(25-4)6-8-16/h5-8,14,19H,9-13H2,1-4H3,(H,20,22). The largest absolute Gasteiger partial charge is 0.497 e. The molecule has 1 fully saturated rings. The topological polar surface area (TPSA) is 87.7 Å². The van der Waals surface area contributed by atoms with Gasteiger partial charge in [0.15, 0.2) is 0 Å². The lowest BCUT2D eigenvalue weighted by Crippen LogP contribution is -2.51. The van der Waals surface area contributed by atoms with Crippen molar-refractivity contribution in [1.29, 1.82) is 0 Å². The van der Waals surface area contributed by atoms with E-state index in [4.69, 9.17) is 4.74 Å². The summed E-state index contributed by atoms with van der Waals surface area (Å²) in [6.07, 6.45) is 1.56. The number of hydrogen-bond acceptors (Lipinski definition) is 4. The van der Waals surface area contributed by atoms with E-state index in [1.165, 1.54) is 19.2 Å². The van der Waals surface area contributed by atoms with Crippen molar-refractivity contribution in [2.45, 2.75) is 44.0 Å². The van der Waals surface area contributed by atoms with Crippen LogP contribution in [0.5, 0.6) is 5.75 Å². The molecule has 1 heterocycles. The van der Waals surface area contributed by atoms with Gasteiger partial charge in [-0.25, -0.2) is 17.9 Å². The van der Waals surface area contributed by atoms with Gasteiger partial charge in [0.1, 0.15) is 5.75 Å². The number of piperidine rings is 1. The third kappa shape index (κ3) is 5.88. The number of ether oxygens (including phenoxy) is 1. The Balaban J connectivity index is 1.83. The number of nitrogens with one attached hydrogen (secondary N) is 2. The first-order valence-electron chi connectivity index (χ1n) is 8.81. The molecule has 2 rings (SSSR count). The first-order chi connectivity index (χ1) is 12.1. The Morgan fingerprint density at radius 1 is 1.19 bits per heavy atom. The molecule has 7 nitrogen and oxygen atoms in total. The summed E-state index contributed by atoms with van der Waals surface area (Å²) in [6, 6.07) is 6.25. The molecule has 1 aromatic carbocycles. The maximum absolute atomic E-state index is 12.4.